The lowest BCUT2D eigenvalue weighted by molar-refractivity contribution is -0.305. The number of carboxylic acids is 1. The Morgan fingerprint density at radius 2 is 2.00 bits per heavy atom. The number of benzene rings is 1. The van der Waals surface area contributed by atoms with Crippen molar-refractivity contribution in [3.05, 3.63) is 34.7 Å². The lowest BCUT2D eigenvalue weighted by atomic mass is 10.2. The summed E-state index contributed by atoms with van der Waals surface area (Å²) < 4.78 is 0.377. The molecule has 1 fully saturated rings. The third-order valence-corrected chi connectivity index (χ3v) is 4.50. The fraction of sp³-hybridized carbons (Fsp3) is 0.267. The zero-order valence-electron chi connectivity index (χ0n) is 12.2. The maximum Gasteiger partial charge on any atom is 0.266 e. The summed E-state index contributed by atoms with van der Waals surface area (Å²) in [4.78, 5) is 26.5. The highest BCUT2D eigenvalue weighted by Gasteiger charge is 2.31. The Morgan fingerprint density at radius 1 is 1.36 bits per heavy atom. The Morgan fingerprint density at radius 3 is 2.55 bits per heavy atom. The second kappa shape index (κ2) is 6.93. The average molecular weight is 335 g/mol. The first-order valence-corrected chi connectivity index (χ1v) is 7.83. The van der Waals surface area contributed by atoms with Crippen LogP contribution in [0.2, 0.25) is 0 Å². The lowest BCUT2D eigenvalue weighted by Gasteiger charge is -2.14. The molecular weight excluding hydrogens is 320 g/mol. The van der Waals surface area contributed by atoms with Gasteiger partial charge in [-0.3, -0.25) is 9.69 Å². The van der Waals surface area contributed by atoms with Crippen LogP contribution in [0.5, 0.6) is 0 Å². The van der Waals surface area contributed by atoms with Gasteiger partial charge in [0.1, 0.15) is 4.32 Å². The molecule has 0 spiro atoms. The van der Waals surface area contributed by atoms with Crippen LogP contribution in [0.25, 0.3) is 6.08 Å². The van der Waals surface area contributed by atoms with Gasteiger partial charge in [0.2, 0.25) is 0 Å². The van der Waals surface area contributed by atoms with E-state index >= 15 is 0 Å². The van der Waals surface area contributed by atoms with Crippen molar-refractivity contribution in [1.82, 2.24) is 4.90 Å². The van der Waals surface area contributed by atoms with Gasteiger partial charge in [0, 0.05) is 38.7 Å². The number of aliphatic carboxylic acids is 1. The van der Waals surface area contributed by atoms with Gasteiger partial charge >= 0.3 is 0 Å². The second-order valence-electron chi connectivity index (χ2n) is 4.94. The number of rotatable bonds is 5. The molecule has 116 valence electrons. The monoisotopic (exact) mass is 335 g/mol. The molecule has 0 atom stereocenters. The fourth-order valence-corrected chi connectivity index (χ4v) is 3.22. The summed E-state index contributed by atoms with van der Waals surface area (Å²) >= 11 is 6.31. The van der Waals surface area contributed by atoms with Gasteiger partial charge in [0.25, 0.3) is 5.91 Å². The molecule has 1 aliphatic rings. The van der Waals surface area contributed by atoms with E-state index in [-0.39, 0.29) is 18.9 Å². The van der Waals surface area contributed by atoms with Crippen LogP contribution in [0, 0.1) is 0 Å². The molecule has 1 amide bonds. The summed E-state index contributed by atoms with van der Waals surface area (Å²) in [5.41, 5.74) is 1.96. The van der Waals surface area contributed by atoms with E-state index in [1.54, 1.807) is 6.08 Å². The number of carbonyl (C=O) groups is 2. The van der Waals surface area contributed by atoms with Gasteiger partial charge in [-0.25, -0.2) is 0 Å². The third-order valence-electron chi connectivity index (χ3n) is 3.12. The van der Waals surface area contributed by atoms with Crippen molar-refractivity contribution in [3.8, 4) is 0 Å². The molecule has 2 rings (SSSR count). The van der Waals surface area contributed by atoms with Crippen LogP contribution in [0.15, 0.2) is 29.2 Å². The van der Waals surface area contributed by atoms with Gasteiger partial charge < -0.3 is 14.8 Å². The fourth-order valence-electron chi connectivity index (χ4n) is 1.92. The van der Waals surface area contributed by atoms with E-state index in [0.717, 1.165) is 11.3 Å². The van der Waals surface area contributed by atoms with Crippen LogP contribution in [-0.4, -0.2) is 41.7 Å². The summed E-state index contributed by atoms with van der Waals surface area (Å²) in [6, 6.07) is 7.76. The normalized spacial score (nSPS) is 16.5. The zero-order valence-corrected chi connectivity index (χ0v) is 13.9. The van der Waals surface area contributed by atoms with Crippen LogP contribution < -0.4 is 10.0 Å². The molecule has 0 bridgehead atoms. The molecular formula is C15H15N2O3S2-. The average Bonchev–Trinajstić information content (AvgIpc) is 2.72. The van der Waals surface area contributed by atoms with Gasteiger partial charge in [-0.05, 0) is 23.8 Å². The van der Waals surface area contributed by atoms with E-state index < -0.39 is 5.97 Å². The Balaban J connectivity index is 2.13. The number of amides is 1. The molecule has 1 saturated heterocycles. The SMILES string of the molecule is CN(C)c1ccc(/C=C2/SC(=S)N(CCC(=O)[O-])C2=O)cc1. The summed E-state index contributed by atoms with van der Waals surface area (Å²) in [7, 11) is 3.91. The highest BCUT2D eigenvalue weighted by Crippen LogP contribution is 2.32. The Hall–Kier alpha value is -1.86. The van der Waals surface area contributed by atoms with E-state index in [1.807, 2.05) is 43.3 Å². The van der Waals surface area contributed by atoms with Crippen molar-refractivity contribution in [2.75, 3.05) is 25.5 Å². The number of carbonyl (C=O) groups excluding carboxylic acids is 2. The lowest BCUT2D eigenvalue weighted by Crippen LogP contribution is -2.33. The van der Waals surface area contributed by atoms with Crippen LogP contribution in [0.1, 0.15) is 12.0 Å². The predicted molar refractivity (Wildman–Crippen MR) is 90.3 cm³/mol. The van der Waals surface area contributed by atoms with Gasteiger partial charge in [-0.1, -0.05) is 36.1 Å². The van der Waals surface area contributed by atoms with Crippen molar-refractivity contribution in [1.29, 1.82) is 0 Å². The number of carboxylic acid groups (broad SMARTS) is 1. The van der Waals surface area contributed by atoms with Gasteiger partial charge in [-0.15, -0.1) is 0 Å². The maximum absolute atomic E-state index is 12.2. The molecule has 1 aromatic carbocycles. The van der Waals surface area contributed by atoms with E-state index in [9.17, 15) is 14.7 Å². The first kappa shape index (κ1) is 16.5. The van der Waals surface area contributed by atoms with Crippen LogP contribution in [-0.2, 0) is 9.59 Å². The Bertz CT molecular complexity index is 639. The minimum Gasteiger partial charge on any atom is -0.550 e. The molecule has 0 saturated carbocycles. The molecule has 1 aromatic rings. The first-order valence-electron chi connectivity index (χ1n) is 6.61. The second-order valence-corrected chi connectivity index (χ2v) is 6.62. The van der Waals surface area contributed by atoms with Gasteiger partial charge in [0.15, 0.2) is 0 Å². The predicted octanol–water partition coefficient (Wildman–Crippen LogP) is 1.09. The molecule has 7 heteroatoms. The van der Waals surface area contributed by atoms with Gasteiger partial charge in [-0.2, -0.15) is 0 Å². The summed E-state index contributed by atoms with van der Waals surface area (Å²) in [5, 5.41) is 10.5. The summed E-state index contributed by atoms with van der Waals surface area (Å²) in [6.45, 7) is 0.0455. The number of anilines is 1. The summed E-state index contributed by atoms with van der Waals surface area (Å²) in [6.07, 6.45) is 1.54. The first-order chi connectivity index (χ1) is 10.4. The van der Waals surface area contributed by atoms with Crippen molar-refractivity contribution in [3.63, 3.8) is 0 Å². The van der Waals surface area contributed by atoms with Crippen LogP contribution in [0.3, 0.4) is 0 Å². The van der Waals surface area contributed by atoms with Crippen molar-refractivity contribution < 1.29 is 14.7 Å². The largest absolute Gasteiger partial charge is 0.550 e. The molecule has 0 aromatic heterocycles. The molecule has 22 heavy (non-hydrogen) atoms. The van der Waals surface area contributed by atoms with Crippen LogP contribution >= 0.6 is 24.0 Å². The molecule has 0 radical (unpaired) electrons. The number of thiocarbonyl (C=S) groups is 1. The number of hydrogen-bond donors (Lipinski definition) is 0. The number of nitrogens with zero attached hydrogens (tertiary/aromatic N) is 2. The Labute approximate surface area is 138 Å². The van der Waals surface area contributed by atoms with Crippen molar-refractivity contribution >= 4 is 51.9 Å². The molecule has 0 unspecified atom stereocenters. The molecule has 1 heterocycles. The van der Waals surface area contributed by atoms with E-state index in [0.29, 0.717) is 9.23 Å². The van der Waals surface area contributed by atoms with E-state index in [2.05, 4.69) is 0 Å². The highest BCUT2D eigenvalue weighted by molar-refractivity contribution is 8.26. The number of hydrogen-bond acceptors (Lipinski definition) is 6. The molecule has 0 N–H and O–H groups in total. The molecule has 1 aliphatic heterocycles. The number of thioether (sulfide) groups is 1. The van der Waals surface area contributed by atoms with Crippen LogP contribution in [0.4, 0.5) is 5.69 Å². The standard InChI is InChI=1S/C15H16N2O3S2/c1-16(2)11-5-3-10(4-6-11)9-12-14(20)17(15(21)22-12)8-7-13(18)19/h3-6,9H,7-8H2,1-2H3,(H,18,19)/p-1/b12-9+. The maximum atomic E-state index is 12.2. The molecule has 5 nitrogen and oxygen atoms in total. The van der Waals surface area contributed by atoms with Crippen molar-refractivity contribution in [2.45, 2.75) is 6.42 Å². The third kappa shape index (κ3) is 3.86. The molecule has 0 aliphatic carbocycles. The van der Waals surface area contributed by atoms with Gasteiger partial charge in [0.05, 0.1) is 4.91 Å². The quantitative estimate of drug-likeness (QED) is 0.593. The Kier molecular flexibility index (Phi) is 5.20. The minimum absolute atomic E-state index is 0.0455. The van der Waals surface area contributed by atoms with E-state index in [4.69, 9.17) is 12.2 Å². The topological polar surface area (TPSA) is 63.7 Å². The van der Waals surface area contributed by atoms with Crippen molar-refractivity contribution in [2.24, 2.45) is 0 Å². The minimum atomic E-state index is -1.20. The highest BCUT2D eigenvalue weighted by atomic mass is 32.2. The zero-order chi connectivity index (χ0) is 16.3. The van der Waals surface area contributed by atoms with E-state index in [1.165, 1.54) is 16.7 Å². The smallest absolute Gasteiger partial charge is 0.266 e. The summed E-state index contributed by atoms with van der Waals surface area (Å²) in [5.74, 6) is -1.45.